The normalized spacial score (nSPS) is 25.4. The number of rotatable bonds is 4. The van der Waals surface area contributed by atoms with Gasteiger partial charge in [0.2, 0.25) is 0 Å². The van der Waals surface area contributed by atoms with E-state index in [1.165, 1.54) is 0 Å². The number of nitrogens with one attached hydrogen (secondary N) is 1. The largest absolute Gasteiger partial charge is 0.376 e. The zero-order valence-electron chi connectivity index (χ0n) is 14.4. The molecule has 3 fully saturated rings. The minimum atomic E-state index is -0.384. The van der Waals surface area contributed by atoms with Gasteiger partial charge in [-0.1, -0.05) is 0 Å². The summed E-state index contributed by atoms with van der Waals surface area (Å²) in [5.74, 6) is -0.529. The molecule has 1 N–H and O–H groups in total. The third-order valence-corrected chi connectivity index (χ3v) is 5.19. The van der Waals surface area contributed by atoms with Crippen LogP contribution in [0.4, 0.5) is 5.69 Å². The molecular weight excluding hydrogens is 322 g/mol. The highest BCUT2D eigenvalue weighted by Crippen LogP contribution is 2.33. The maximum Gasteiger partial charge on any atom is 0.270 e. The van der Waals surface area contributed by atoms with Crippen molar-refractivity contribution in [2.45, 2.75) is 37.6 Å². The molecule has 1 aromatic rings. The Labute approximate surface area is 147 Å². The molecule has 1 atom stereocenters. The summed E-state index contributed by atoms with van der Waals surface area (Å²) in [6, 6.07) is 3.81. The van der Waals surface area contributed by atoms with Crippen LogP contribution in [-0.4, -0.2) is 62.2 Å². The predicted octanol–water partition coefficient (Wildman–Crippen LogP) is 1.33. The van der Waals surface area contributed by atoms with Gasteiger partial charge in [-0.25, -0.2) is 0 Å². The number of pyridine rings is 1. The quantitative estimate of drug-likeness (QED) is 0.886. The van der Waals surface area contributed by atoms with Gasteiger partial charge in [-0.15, -0.1) is 0 Å². The van der Waals surface area contributed by atoms with Crippen molar-refractivity contribution in [3.05, 3.63) is 24.0 Å². The number of hydrogen-bond donors (Lipinski definition) is 1. The van der Waals surface area contributed by atoms with Gasteiger partial charge in [0.05, 0.1) is 19.3 Å². The number of carbonyl (C=O) groups excluding carboxylic acids is 1. The maximum atomic E-state index is 12.4. The molecule has 0 bridgehead atoms. The van der Waals surface area contributed by atoms with Gasteiger partial charge in [0.15, 0.2) is 5.79 Å². The fourth-order valence-corrected chi connectivity index (χ4v) is 3.73. The van der Waals surface area contributed by atoms with E-state index in [4.69, 9.17) is 14.2 Å². The summed E-state index contributed by atoms with van der Waals surface area (Å²) >= 11 is 0. The van der Waals surface area contributed by atoms with E-state index in [-0.39, 0.29) is 17.8 Å². The number of amides is 1. The second-order valence-electron chi connectivity index (χ2n) is 6.84. The van der Waals surface area contributed by atoms with Gasteiger partial charge in [-0.2, -0.15) is 0 Å². The Balaban J connectivity index is 1.35. The Bertz CT molecular complexity index is 602. The van der Waals surface area contributed by atoms with Crippen LogP contribution in [0.15, 0.2) is 18.3 Å². The van der Waals surface area contributed by atoms with Crippen molar-refractivity contribution in [3.8, 4) is 0 Å². The number of nitrogens with zero attached hydrogens (tertiary/aromatic N) is 2. The maximum absolute atomic E-state index is 12.4. The molecule has 4 heterocycles. The van der Waals surface area contributed by atoms with Crippen molar-refractivity contribution < 1.29 is 19.0 Å². The van der Waals surface area contributed by atoms with Crippen LogP contribution in [0.3, 0.4) is 0 Å². The van der Waals surface area contributed by atoms with E-state index in [0.29, 0.717) is 25.5 Å². The minimum absolute atomic E-state index is 0.136. The van der Waals surface area contributed by atoms with Crippen LogP contribution in [0.1, 0.15) is 36.2 Å². The molecule has 1 aromatic heterocycles. The smallest absolute Gasteiger partial charge is 0.270 e. The van der Waals surface area contributed by atoms with Crippen LogP contribution in [-0.2, 0) is 14.2 Å². The van der Waals surface area contributed by atoms with E-state index in [1.54, 1.807) is 6.20 Å². The van der Waals surface area contributed by atoms with Crippen molar-refractivity contribution in [2.75, 3.05) is 44.4 Å². The molecule has 0 aliphatic carbocycles. The minimum Gasteiger partial charge on any atom is -0.376 e. The molecule has 0 radical (unpaired) electrons. The lowest BCUT2D eigenvalue weighted by atomic mass is 10.0. The lowest BCUT2D eigenvalue weighted by Crippen LogP contribution is -2.45. The van der Waals surface area contributed by atoms with Gasteiger partial charge in [0, 0.05) is 51.0 Å². The monoisotopic (exact) mass is 347 g/mol. The third-order valence-electron chi connectivity index (χ3n) is 5.19. The van der Waals surface area contributed by atoms with Crippen LogP contribution < -0.4 is 10.2 Å². The first kappa shape index (κ1) is 16.8. The first-order valence-electron chi connectivity index (χ1n) is 9.13. The summed E-state index contributed by atoms with van der Waals surface area (Å²) in [6.45, 7) is 4.40. The van der Waals surface area contributed by atoms with Crippen LogP contribution >= 0.6 is 0 Å². The van der Waals surface area contributed by atoms with Crippen LogP contribution in [0, 0.1) is 0 Å². The molecule has 3 aliphatic rings. The summed E-state index contributed by atoms with van der Waals surface area (Å²) in [5.41, 5.74) is 1.47. The zero-order valence-corrected chi connectivity index (χ0v) is 14.4. The van der Waals surface area contributed by atoms with Gasteiger partial charge < -0.3 is 24.4 Å². The number of aromatic nitrogens is 1. The Kier molecular flexibility index (Phi) is 4.87. The molecule has 3 saturated heterocycles. The number of carbonyl (C=O) groups is 1. The Hall–Kier alpha value is -1.70. The van der Waals surface area contributed by atoms with E-state index in [9.17, 15) is 4.79 Å². The van der Waals surface area contributed by atoms with Gasteiger partial charge in [-0.3, -0.25) is 9.78 Å². The topological polar surface area (TPSA) is 72.9 Å². The predicted molar refractivity (Wildman–Crippen MR) is 91.6 cm³/mol. The second-order valence-corrected chi connectivity index (χ2v) is 6.84. The first-order valence-corrected chi connectivity index (χ1v) is 9.13. The van der Waals surface area contributed by atoms with E-state index in [1.807, 2.05) is 12.1 Å². The van der Waals surface area contributed by atoms with Gasteiger partial charge in [-0.05, 0) is 25.0 Å². The summed E-state index contributed by atoms with van der Waals surface area (Å²) in [5, 5.41) is 2.93. The summed E-state index contributed by atoms with van der Waals surface area (Å²) in [7, 11) is 0. The Morgan fingerprint density at radius 1 is 1.28 bits per heavy atom. The molecule has 7 heteroatoms. The highest BCUT2D eigenvalue weighted by molar-refractivity contribution is 5.93. The van der Waals surface area contributed by atoms with Crippen molar-refractivity contribution in [1.82, 2.24) is 10.3 Å². The summed E-state index contributed by atoms with van der Waals surface area (Å²) in [4.78, 5) is 18.8. The molecule has 1 spiro atoms. The number of anilines is 1. The molecule has 0 aromatic carbocycles. The van der Waals surface area contributed by atoms with Crippen molar-refractivity contribution in [3.63, 3.8) is 0 Å². The average Bonchev–Trinajstić information content (AvgIpc) is 3.33. The average molecular weight is 347 g/mol. The fourth-order valence-electron chi connectivity index (χ4n) is 3.73. The van der Waals surface area contributed by atoms with Crippen LogP contribution in [0.25, 0.3) is 0 Å². The van der Waals surface area contributed by atoms with Gasteiger partial charge in [0.25, 0.3) is 5.91 Å². The standard InChI is InChI=1S/C18H25N3O4/c22-17(20-13-15-2-1-9-23-15)16-12-14(3-6-19-16)21-7-4-18(5-8-21)24-10-11-25-18/h3,6,12,15H,1-2,4-5,7-11,13H2,(H,20,22). The number of hydrogen-bond acceptors (Lipinski definition) is 6. The van der Waals surface area contributed by atoms with Crippen molar-refractivity contribution in [1.29, 1.82) is 0 Å². The summed E-state index contributed by atoms with van der Waals surface area (Å²) < 4.78 is 17.1. The van der Waals surface area contributed by atoms with Crippen molar-refractivity contribution >= 4 is 11.6 Å². The molecular formula is C18H25N3O4. The van der Waals surface area contributed by atoms with E-state index >= 15 is 0 Å². The van der Waals surface area contributed by atoms with Gasteiger partial charge in [0.1, 0.15) is 5.69 Å². The van der Waals surface area contributed by atoms with Crippen molar-refractivity contribution in [2.24, 2.45) is 0 Å². The first-order chi connectivity index (χ1) is 12.2. The molecule has 3 aliphatic heterocycles. The second kappa shape index (κ2) is 7.27. The molecule has 25 heavy (non-hydrogen) atoms. The van der Waals surface area contributed by atoms with E-state index in [2.05, 4.69) is 15.2 Å². The van der Waals surface area contributed by atoms with Crippen LogP contribution in [0.5, 0.6) is 0 Å². The molecule has 7 nitrogen and oxygen atoms in total. The van der Waals surface area contributed by atoms with Crippen LogP contribution in [0.2, 0.25) is 0 Å². The molecule has 1 amide bonds. The molecule has 0 saturated carbocycles. The highest BCUT2D eigenvalue weighted by Gasteiger charge is 2.39. The lowest BCUT2D eigenvalue weighted by Gasteiger charge is -2.38. The van der Waals surface area contributed by atoms with E-state index < -0.39 is 0 Å². The molecule has 4 rings (SSSR count). The lowest BCUT2D eigenvalue weighted by molar-refractivity contribution is -0.169. The third kappa shape index (κ3) is 3.78. The van der Waals surface area contributed by atoms with Gasteiger partial charge >= 0.3 is 0 Å². The zero-order chi connectivity index (χ0) is 17.1. The number of ether oxygens (including phenoxy) is 3. The molecule has 1 unspecified atom stereocenters. The molecule has 136 valence electrons. The highest BCUT2D eigenvalue weighted by atomic mass is 16.7. The fraction of sp³-hybridized carbons (Fsp3) is 0.667. The Morgan fingerprint density at radius 2 is 2.08 bits per heavy atom. The number of piperidine rings is 1. The van der Waals surface area contributed by atoms with E-state index in [0.717, 1.165) is 51.1 Å². The summed E-state index contributed by atoms with van der Waals surface area (Å²) in [6.07, 6.45) is 5.59. The Morgan fingerprint density at radius 3 is 2.80 bits per heavy atom. The SMILES string of the molecule is O=C(NCC1CCCO1)c1cc(N2CCC3(CC2)OCCO3)ccn1.